The second-order valence-corrected chi connectivity index (χ2v) is 9.40. The molecule has 1 aliphatic rings. The zero-order valence-electron chi connectivity index (χ0n) is 17.9. The molecular formula is C23H23N3O6S. The summed E-state index contributed by atoms with van der Waals surface area (Å²) in [6.07, 6.45) is 1.82. The molecule has 0 unspecified atom stereocenters. The molecule has 2 amide bonds. The molecule has 10 heteroatoms. The highest BCUT2D eigenvalue weighted by Gasteiger charge is 2.31. The maximum Gasteiger partial charge on any atom is 0.265 e. The number of benzene rings is 2. The Labute approximate surface area is 191 Å². The lowest BCUT2D eigenvalue weighted by Crippen LogP contribution is -2.36. The fourth-order valence-corrected chi connectivity index (χ4v) is 4.48. The van der Waals surface area contributed by atoms with Gasteiger partial charge in [0.25, 0.3) is 11.8 Å². The van der Waals surface area contributed by atoms with Gasteiger partial charge in [0.2, 0.25) is 10.0 Å². The molecule has 2 heterocycles. The van der Waals surface area contributed by atoms with Crippen molar-refractivity contribution in [1.29, 1.82) is 0 Å². The van der Waals surface area contributed by atoms with Crippen molar-refractivity contribution < 1.29 is 27.2 Å². The number of ether oxygens (including phenoxy) is 1. The number of fused-ring (bicyclic) bond motifs is 1. The molecule has 2 aromatic carbocycles. The second kappa shape index (κ2) is 9.37. The highest BCUT2D eigenvalue weighted by molar-refractivity contribution is 7.92. The number of carbonyl (C=O) groups excluding carboxylic acids is 2. The third kappa shape index (κ3) is 5.17. The van der Waals surface area contributed by atoms with E-state index >= 15 is 0 Å². The quantitative estimate of drug-likeness (QED) is 0.573. The minimum atomic E-state index is -3.55. The van der Waals surface area contributed by atoms with Gasteiger partial charge in [0.05, 0.1) is 36.0 Å². The first-order valence-corrected chi connectivity index (χ1v) is 12.1. The van der Waals surface area contributed by atoms with Gasteiger partial charge in [-0.05, 0) is 36.4 Å². The molecule has 3 aromatic rings. The molecule has 0 bridgehead atoms. The monoisotopic (exact) mass is 469 g/mol. The summed E-state index contributed by atoms with van der Waals surface area (Å²) >= 11 is 0. The second-order valence-electron chi connectivity index (χ2n) is 7.49. The number of hydrogen-bond acceptors (Lipinski definition) is 6. The molecular weight excluding hydrogens is 446 g/mol. The highest BCUT2D eigenvalue weighted by Crippen LogP contribution is 2.34. The maximum absolute atomic E-state index is 13.1. The van der Waals surface area contributed by atoms with Gasteiger partial charge in [-0.3, -0.25) is 13.9 Å². The average molecular weight is 470 g/mol. The molecule has 0 saturated heterocycles. The number of nitrogens with zero attached hydrogens (tertiary/aromatic N) is 1. The molecule has 1 atom stereocenters. The van der Waals surface area contributed by atoms with E-state index < -0.39 is 22.0 Å². The number of nitrogens with one attached hydrogen (secondary N) is 2. The lowest BCUT2D eigenvalue weighted by molar-refractivity contribution is -0.122. The van der Waals surface area contributed by atoms with Gasteiger partial charge in [0.15, 0.2) is 6.10 Å². The normalized spacial score (nSPS) is 15.7. The van der Waals surface area contributed by atoms with E-state index in [0.29, 0.717) is 22.9 Å². The summed E-state index contributed by atoms with van der Waals surface area (Å²) < 4.78 is 36.8. The van der Waals surface area contributed by atoms with E-state index in [-0.39, 0.29) is 31.0 Å². The van der Waals surface area contributed by atoms with Crippen LogP contribution in [0.1, 0.15) is 22.5 Å². The summed E-state index contributed by atoms with van der Waals surface area (Å²) in [6.45, 7) is 0.289. The molecule has 0 radical (unpaired) electrons. The van der Waals surface area contributed by atoms with Crippen LogP contribution in [0.25, 0.3) is 0 Å². The van der Waals surface area contributed by atoms with Gasteiger partial charge in [-0.15, -0.1) is 0 Å². The Morgan fingerprint density at radius 2 is 1.82 bits per heavy atom. The summed E-state index contributed by atoms with van der Waals surface area (Å²) in [5.41, 5.74) is 0.984. The van der Waals surface area contributed by atoms with E-state index in [4.69, 9.17) is 9.15 Å². The Morgan fingerprint density at radius 1 is 1.06 bits per heavy atom. The van der Waals surface area contributed by atoms with Crippen LogP contribution in [0.4, 0.5) is 11.4 Å². The molecule has 0 spiro atoms. The minimum Gasteiger partial charge on any atom is -0.478 e. The van der Waals surface area contributed by atoms with Crippen molar-refractivity contribution in [2.24, 2.45) is 0 Å². The molecule has 1 aliphatic heterocycles. The maximum atomic E-state index is 13.1. The van der Waals surface area contributed by atoms with Crippen LogP contribution in [-0.4, -0.2) is 39.1 Å². The minimum absolute atomic E-state index is 0.0826. The fraction of sp³-hybridized carbons (Fsp3) is 0.217. The standard InChI is InChI=1S/C23H23N3O6S/c1-33(29,30)26-13-12-21(32-20-11-5-4-10-19(20)26)23(28)25-18-9-3-2-8-17(18)22(27)24-15-16-7-6-14-31-16/h2-11,14,21H,12-13,15H2,1H3,(H,24,27)(H,25,28)/t21-/m0/s1. The van der Waals surface area contributed by atoms with Crippen molar-refractivity contribution >= 4 is 33.2 Å². The van der Waals surface area contributed by atoms with Crippen molar-refractivity contribution in [1.82, 2.24) is 5.32 Å². The number of anilines is 2. The predicted octanol–water partition coefficient (Wildman–Crippen LogP) is 2.77. The summed E-state index contributed by atoms with van der Waals surface area (Å²) in [5, 5.41) is 5.50. The topological polar surface area (TPSA) is 118 Å². The van der Waals surface area contributed by atoms with Gasteiger partial charge in [-0.25, -0.2) is 8.42 Å². The Morgan fingerprint density at radius 3 is 2.58 bits per heavy atom. The third-order valence-corrected chi connectivity index (χ3v) is 6.30. The van der Waals surface area contributed by atoms with Gasteiger partial charge in [-0.2, -0.15) is 0 Å². The summed E-state index contributed by atoms with van der Waals surface area (Å²) in [5.74, 6) is 0.0417. The Hall–Kier alpha value is -3.79. The first kappa shape index (κ1) is 22.4. The van der Waals surface area contributed by atoms with Crippen molar-refractivity contribution in [3.05, 3.63) is 78.3 Å². The van der Waals surface area contributed by atoms with Crippen LogP contribution >= 0.6 is 0 Å². The van der Waals surface area contributed by atoms with Crippen LogP contribution in [0.3, 0.4) is 0 Å². The Kier molecular flexibility index (Phi) is 6.36. The molecule has 0 fully saturated rings. The van der Waals surface area contributed by atoms with Crippen LogP contribution < -0.4 is 19.7 Å². The third-order valence-electron chi connectivity index (χ3n) is 5.12. The van der Waals surface area contributed by atoms with Gasteiger partial charge in [-0.1, -0.05) is 24.3 Å². The summed E-state index contributed by atoms with van der Waals surface area (Å²) in [7, 11) is -3.55. The van der Waals surface area contributed by atoms with Gasteiger partial charge in [0, 0.05) is 13.0 Å². The number of carbonyl (C=O) groups is 2. The molecule has 2 N–H and O–H groups in total. The molecule has 9 nitrogen and oxygen atoms in total. The summed E-state index contributed by atoms with van der Waals surface area (Å²) in [4.78, 5) is 25.7. The average Bonchev–Trinajstić information content (AvgIpc) is 3.22. The van der Waals surface area contributed by atoms with Crippen molar-refractivity contribution in [2.45, 2.75) is 19.1 Å². The van der Waals surface area contributed by atoms with Crippen LogP contribution in [0.15, 0.2) is 71.3 Å². The Bertz CT molecular complexity index is 1260. The molecule has 0 aliphatic carbocycles. The van der Waals surface area contributed by atoms with E-state index in [1.807, 2.05) is 0 Å². The smallest absolute Gasteiger partial charge is 0.265 e. The number of furan rings is 1. The van der Waals surface area contributed by atoms with E-state index in [1.54, 1.807) is 60.7 Å². The number of rotatable bonds is 6. The number of sulfonamides is 1. The zero-order valence-corrected chi connectivity index (χ0v) is 18.7. The number of amides is 2. The number of hydrogen-bond donors (Lipinski definition) is 2. The van der Waals surface area contributed by atoms with Crippen molar-refractivity contribution in [2.75, 3.05) is 22.4 Å². The highest BCUT2D eigenvalue weighted by atomic mass is 32.2. The van der Waals surface area contributed by atoms with Crippen LogP contribution in [0.2, 0.25) is 0 Å². The molecule has 0 saturated carbocycles. The lowest BCUT2D eigenvalue weighted by Gasteiger charge is -2.20. The molecule has 4 rings (SSSR count). The van der Waals surface area contributed by atoms with Gasteiger partial charge >= 0.3 is 0 Å². The zero-order chi connectivity index (χ0) is 23.4. The van der Waals surface area contributed by atoms with Crippen molar-refractivity contribution in [3.8, 4) is 5.75 Å². The fourth-order valence-electron chi connectivity index (χ4n) is 3.54. The Balaban J connectivity index is 1.50. The van der Waals surface area contributed by atoms with E-state index in [0.717, 1.165) is 6.26 Å². The van der Waals surface area contributed by atoms with E-state index in [2.05, 4.69) is 10.6 Å². The number of para-hydroxylation sites is 3. The molecule has 172 valence electrons. The molecule has 1 aromatic heterocycles. The largest absolute Gasteiger partial charge is 0.478 e. The van der Waals surface area contributed by atoms with Crippen LogP contribution in [0, 0.1) is 0 Å². The van der Waals surface area contributed by atoms with E-state index in [9.17, 15) is 18.0 Å². The van der Waals surface area contributed by atoms with Gasteiger partial charge < -0.3 is 19.8 Å². The first-order valence-electron chi connectivity index (χ1n) is 10.3. The van der Waals surface area contributed by atoms with E-state index in [1.165, 1.54) is 10.6 Å². The van der Waals surface area contributed by atoms with Crippen LogP contribution in [-0.2, 0) is 21.4 Å². The first-order chi connectivity index (χ1) is 15.8. The predicted molar refractivity (Wildman–Crippen MR) is 123 cm³/mol. The van der Waals surface area contributed by atoms with Crippen LogP contribution in [0.5, 0.6) is 5.75 Å². The summed E-state index contributed by atoms with van der Waals surface area (Å²) in [6, 6.07) is 16.8. The van der Waals surface area contributed by atoms with Crippen molar-refractivity contribution in [3.63, 3.8) is 0 Å². The van der Waals surface area contributed by atoms with Gasteiger partial charge in [0.1, 0.15) is 11.5 Å². The SMILES string of the molecule is CS(=O)(=O)N1CC[C@@H](C(=O)Nc2ccccc2C(=O)NCc2ccco2)Oc2ccccc21. The lowest BCUT2D eigenvalue weighted by atomic mass is 10.1. The molecule has 33 heavy (non-hydrogen) atoms.